The van der Waals surface area contributed by atoms with Gasteiger partial charge in [0.25, 0.3) is 0 Å². The number of nitrogens with zero attached hydrogens (tertiary/aromatic N) is 1. The molecular weight excluding hydrogens is 428 g/mol. The minimum atomic E-state index is -2.20. The molecule has 188 valence electrons. The molecule has 0 radical (unpaired) electrons. The second-order valence-electron chi connectivity index (χ2n) is 12.2. The lowest BCUT2D eigenvalue weighted by molar-refractivity contribution is -0.000791. The fourth-order valence-corrected chi connectivity index (χ4v) is 4.67. The van der Waals surface area contributed by atoms with Gasteiger partial charge in [-0.25, -0.2) is 9.59 Å². The Morgan fingerprint density at radius 3 is 1.97 bits per heavy atom. The van der Waals surface area contributed by atoms with Crippen LogP contribution >= 0.6 is 0 Å². The van der Waals surface area contributed by atoms with Gasteiger partial charge in [0.15, 0.2) is 8.32 Å². The van der Waals surface area contributed by atoms with Gasteiger partial charge in [-0.3, -0.25) is 10.2 Å². The monoisotopic (exact) mass is 474 g/mol. The molecule has 1 aliphatic rings. The number of aliphatic hydroxyl groups excluding tert-OH is 1. The predicted molar refractivity (Wildman–Crippen MR) is 128 cm³/mol. The average molecular weight is 475 g/mol. The van der Waals surface area contributed by atoms with Crippen LogP contribution in [0.1, 0.15) is 81.6 Å². The van der Waals surface area contributed by atoms with Crippen molar-refractivity contribution in [3.63, 3.8) is 0 Å². The first-order valence-electron chi connectivity index (χ1n) is 11.6. The predicted octanol–water partition coefficient (Wildman–Crippen LogP) is 5.01. The fourth-order valence-electron chi connectivity index (χ4n) is 3.34. The Balaban J connectivity index is 3.32. The number of aliphatic hydroxyl groups is 1. The van der Waals surface area contributed by atoms with Crippen molar-refractivity contribution in [2.75, 3.05) is 6.61 Å². The summed E-state index contributed by atoms with van der Waals surface area (Å²) < 4.78 is 17.8. The minimum Gasteiger partial charge on any atom is -0.444 e. The summed E-state index contributed by atoms with van der Waals surface area (Å²) in [7, 11) is -2.20. The van der Waals surface area contributed by atoms with Crippen molar-refractivity contribution in [2.24, 2.45) is 0 Å². The normalized spacial score (nSPS) is 22.6. The smallest absolute Gasteiger partial charge is 0.412 e. The van der Waals surface area contributed by atoms with Crippen LogP contribution in [-0.4, -0.2) is 66.6 Å². The van der Waals surface area contributed by atoms with Gasteiger partial charge in [-0.1, -0.05) is 20.8 Å². The van der Waals surface area contributed by atoms with Gasteiger partial charge in [0.1, 0.15) is 17.4 Å². The highest BCUT2D eigenvalue weighted by Crippen LogP contribution is 2.40. The van der Waals surface area contributed by atoms with Crippen LogP contribution in [0.15, 0.2) is 0 Å². The molecule has 32 heavy (non-hydrogen) atoms. The minimum absolute atomic E-state index is 0.0244. The molecule has 0 aromatic heterocycles. The third kappa shape index (κ3) is 8.55. The van der Waals surface area contributed by atoms with Crippen molar-refractivity contribution >= 4 is 20.5 Å². The summed E-state index contributed by atoms with van der Waals surface area (Å²) in [5, 5.41) is 12.2. The van der Waals surface area contributed by atoms with Crippen molar-refractivity contribution in [3.8, 4) is 0 Å². The number of likely N-dealkylation sites (tertiary alicyclic amines) is 1. The van der Waals surface area contributed by atoms with Gasteiger partial charge in [0.05, 0.1) is 6.10 Å². The quantitative estimate of drug-likeness (QED) is 0.525. The van der Waals surface area contributed by atoms with Gasteiger partial charge in [-0.05, 0) is 78.9 Å². The molecular formula is C23H46N2O6Si. The number of hydrogen-bond acceptors (Lipinski definition) is 6. The zero-order valence-electron chi connectivity index (χ0n) is 22.0. The maximum Gasteiger partial charge on any atom is 0.412 e. The van der Waals surface area contributed by atoms with Gasteiger partial charge in [0, 0.05) is 12.6 Å². The molecule has 2 N–H and O–H groups in total. The molecule has 1 fully saturated rings. The molecule has 0 spiro atoms. The number of ether oxygens (including phenoxy) is 2. The molecule has 0 bridgehead atoms. The fraction of sp³-hybridized carbons (Fsp3) is 0.913. The van der Waals surface area contributed by atoms with Crippen LogP contribution in [0.3, 0.4) is 0 Å². The molecule has 1 heterocycles. The van der Waals surface area contributed by atoms with Crippen LogP contribution in [0.5, 0.6) is 0 Å². The number of nitrogens with one attached hydrogen (secondary N) is 1. The first-order valence-corrected chi connectivity index (χ1v) is 14.5. The van der Waals surface area contributed by atoms with Crippen molar-refractivity contribution in [2.45, 2.75) is 129 Å². The summed E-state index contributed by atoms with van der Waals surface area (Å²) in [6.07, 6.45) is -0.579. The second-order valence-corrected chi connectivity index (χ2v) is 16.9. The maximum atomic E-state index is 13.2. The van der Waals surface area contributed by atoms with E-state index in [1.165, 1.54) is 0 Å². The SMILES string of the molecule is CC(C)(C)OC(=O)NC1[C@H](O[Si](C)(C)C(C)(C)C)C[C@H](CCCO)N1C(=O)OC(C)(C)C. The Hall–Kier alpha value is -1.32. The van der Waals surface area contributed by atoms with Gasteiger partial charge >= 0.3 is 12.2 Å². The summed E-state index contributed by atoms with van der Waals surface area (Å²) in [4.78, 5) is 27.5. The Kier molecular flexibility index (Phi) is 9.24. The van der Waals surface area contributed by atoms with Crippen LogP contribution in [0.4, 0.5) is 9.59 Å². The van der Waals surface area contributed by atoms with Crippen molar-refractivity contribution in [1.82, 2.24) is 10.2 Å². The van der Waals surface area contributed by atoms with Crippen molar-refractivity contribution in [1.29, 1.82) is 0 Å². The molecule has 9 heteroatoms. The Labute approximate surface area is 195 Å². The Morgan fingerprint density at radius 1 is 1.00 bits per heavy atom. The van der Waals surface area contributed by atoms with Crippen LogP contribution in [0, 0.1) is 0 Å². The number of rotatable bonds is 6. The van der Waals surface area contributed by atoms with Crippen molar-refractivity contribution in [3.05, 3.63) is 0 Å². The molecule has 0 saturated carbocycles. The Morgan fingerprint density at radius 2 is 1.53 bits per heavy atom. The topological polar surface area (TPSA) is 97.3 Å². The van der Waals surface area contributed by atoms with E-state index >= 15 is 0 Å². The lowest BCUT2D eigenvalue weighted by atomic mass is 10.1. The number of carbonyl (C=O) groups is 2. The van der Waals surface area contributed by atoms with Crippen LogP contribution < -0.4 is 5.32 Å². The Bertz CT molecular complexity index is 648. The number of alkyl carbamates (subject to hydrolysis) is 1. The molecule has 0 aromatic carbocycles. The summed E-state index contributed by atoms with van der Waals surface area (Å²) >= 11 is 0. The molecule has 3 atom stereocenters. The summed E-state index contributed by atoms with van der Waals surface area (Å²) in [5.74, 6) is 0. The first kappa shape index (κ1) is 28.7. The van der Waals surface area contributed by atoms with Gasteiger partial charge in [0.2, 0.25) is 0 Å². The van der Waals surface area contributed by atoms with E-state index in [1.54, 1.807) is 25.7 Å². The first-order chi connectivity index (χ1) is 14.3. The van der Waals surface area contributed by atoms with Crippen LogP contribution in [-0.2, 0) is 13.9 Å². The molecule has 0 aromatic rings. The van der Waals surface area contributed by atoms with E-state index in [9.17, 15) is 14.7 Å². The van der Waals surface area contributed by atoms with Crippen LogP contribution in [0.25, 0.3) is 0 Å². The highest BCUT2D eigenvalue weighted by atomic mass is 28.4. The summed E-state index contributed by atoms with van der Waals surface area (Å²) in [6.45, 7) is 21.6. The van der Waals surface area contributed by atoms with Gasteiger partial charge in [-0.2, -0.15) is 0 Å². The standard InChI is InChI=1S/C23H46N2O6Si/c1-21(2,3)29-19(27)24-18-17(31-32(10,11)23(7,8)9)15-16(13-12-14-26)25(18)20(28)30-22(4,5)6/h16-18,26H,12-15H2,1-11H3,(H,24,27)/t16-,17+,18?/m0/s1. The average Bonchev–Trinajstić information content (AvgIpc) is 2.85. The molecule has 8 nitrogen and oxygen atoms in total. The van der Waals surface area contributed by atoms with E-state index < -0.39 is 44.0 Å². The zero-order chi connectivity index (χ0) is 25.1. The molecule has 2 amide bonds. The number of hydrogen-bond donors (Lipinski definition) is 2. The number of carbonyl (C=O) groups excluding carboxylic acids is 2. The third-order valence-corrected chi connectivity index (χ3v) is 10.3. The molecule has 1 unspecified atom stereocenters. The summed E-state index contributed by atoms with van der Waals surface area (Å²) in [5.41, 5.74) is -1.36. The van der Waals surface area contributed by atoms with E-state index in [0.717, 1.165) is 0 Å². The van der Waals surface area contributed by atoms with E-state index in [1.807, 2.05) is 20.8 Å². The van der Waals surface area contributed by atoms with Gasteiger partial charge < -0.3 is 19.0 Å². The molecule has 0 aliphatic carbocycles. The van der Waals surface area contributed by atoms with Crippen molar-refractivity contribution < 1.29 is 28.6 Å². The second kappa shape index (κ2) is 10.3. The summed E-state index contributed by atoms with van der Waals surface area (Å²) in [6, 6.07) is -0.230. The molecule has 1 rings (SSSR count). The zero-order valence-corrected chi connectivity index (χ0v) is 23.0. The molecule has 1 saturated heterocycles. The van der Waals surface area contributed by atoms with E-state index in [0.29, 0.717) is 19.3 Å². The molecule has 1 aliphatic heterocycles. The van der Waals surface area contributed by atoms with E-state index in [-0.39, 0.29) is 17.7 Å². The number of amides is 2. The van der Waals surface area contributed by atoms with E-state index in [4.69, 9.17) is 13.9 Å². The van der Waals surface area contributed by atoms with Gasteiger partial charge in [-0.15, -0.1) is 0 Å². The highest BCUT2D eigenvalue weighted by Gasteiger charge is 2.50. The lowest BCUT2D eigenvalue weighted by Gasteiger charge is -2.40. The maximum absolute atomic E-state index is 13.2. The van der Waals surface area contributed by atoms with E-state index in [2.05, 4.69) is 39.2 Å². The van der Waals surface area contributed by atoms with Crippen LogP contribution in [0.2, 0.25) is 18.1 Å². The largest absolute Gasteiger partial charge is 0.444 e. The highest BCUT2D eigenvalue weighted by molar-refractivity contribution is 6.74. The lowest BCUT2D eigenvalue weighted by Crippen LogP contribution is -2.57. The third-order valence-electron chi connectivity index (χ3n) is 5.77.